The Morgan fingerprint density at radius 1 is 1.11 bits per heavy atom. The van der Waals surface area contributed by atoms with E-state index in [4.69, 9.17) is 15.2 Å². The Morgan fingerprint density at radius 3 is 2.57 bits per heavy atom. The first-order valence-electron chi connectivity index (χ1n) is 13.3. The van der Waals surface area contributed by atoms with Crippen molar-refractivity contribution in [3.8, 4) is 16.9 Å². The number of carbonyl (C=O) groups is 1. The number of hydrogen-bond acceptors (Lipinski definition) is 6. The zero-order chi connectivity index (χ0) is 24.6. The first-order valence-corrected chi connectivity index (χ1v) is 13.3. The topological polar surface area (TPSA) is 90.6 Å². The lowest BCUT2D eigenvalue weighted by Crippen LogP contribution is -2.49. The van der Waals surface area contributed by atoms with Crippen molar-refractivity contribution in [1.82, 2.24) is 15.1 Å². The molecule has 1 aliphatic heterocycles. The Hall–Kier alpha value is -2.51. The maximum atomic E-state index is 13.4. The number of aromatic nitrogens is 2. The molecule has 1 aliphatic carbocycles. The summed E-state index contributed by atoms with van der Waals surface area (Å²) in [5, 5.41) is 8.86. The Bertz CT molecular complexity index is 959. The second-order valence-electron chi connectivity index (χ2n) is 9.91. The van der Waals surface area contributed by atoms with Crippen molar-refractivity contribution in [1.29, 1.82) is 0 Å². The van der Waals surface area contributed by atoms with E-state index in [9.17, 15) is 4.79 Å². The van der Waals surface area contributed by atoms with Crippen LogP contribution in [0.4, 0.5) is 0 Å². The third-order valence-electron chi connectivity index (χ3n) is 7.47. The zero-order valence-electron chi connectivity index (χ0n) is 21.2. The van der Waals surface area contributed by atoms with Gasteiger partial charge in [-0.1, -0.05) is 31.9 Å². The standard InChI is InChI=1S/C28H40N4O3/c1-3-4-10-25-24(20-11-13-23(14-12-20)35-22-8-6-5-7-9-22)17-26(31-30-25)28(33)32-16-15-21(18-29)27(19-32)34-2/h11-14,17,21-22,27H,3-10,15-16,18-19,29H2,1-2H3/t21-,27-/m1/s1. The van der Waals surface area contributed by atoms with E-state index in [1.807, 2.05) is 23.1 Å². The predicted octanol–water partition coefficient (Wildman–Crippen LogP) is 4.63. The Morgan fingerprint density at radius 2 is 1.89 bits per heavy atom. The molecule has 2 aromatic rings. The maximum Gasteiger partial charge on any atom is 0.274 e. The molecular formula is C28H40N4O3. The summed E-state index contributed by atoms with van der Waals surface area (Å²) in [6.07, 6.45) is 10.1. The first kappa shape index (κ1) is 25.6. The highest BCUT2D eigenvalue weighted by Crippen LogP contribution is 2.29. The number of carbonyl (C=O) groups excluding carboxylic acids is 1. The maximum absolute atomic E-state index is 13.4. The predicted molar refractivity (Wildman–Crippen MR) is 137 cm³/mol. The normalized spacial score (nSPS) is 21.2. The second kappa shape index (κ2) is 12.5. The van der Waals surface area contributed by atoms with Crippen LogP contribution in [0.5, 0.6) is 5.75 Å². The van der Waals surface area contributed by atoms with Crippen molar-refractivity contribution < 1.29 is 14.3 Å². The molecule has 4 rings (SSSR count). The Balaban J connectivity index is 1.54. The third kappa shape index (κ3) is 6.39. The molecule has 1 aromatic heterocycles. The number of ether oxygens (including phenoxy) is 2. The van der Waals surface area contributed by atoms with Crippen LogP contribution in [0.25, 0.3) is 11.1 Å². The van der Waals surface area contributed by atoms with Crippen molar-refractivity contribution in [3.63, 3.8) is 0 Å². The molecule has 0 unspecified atom stereocenters. The van der Waals surface area contributed by atoms with Crippen LogP contribution in [-0.2, 0) is 11.2 Å². The van der Waals surface area contributed by atoms with Crippen LogP contribution in [0, 0.1) is 5.92 Å². The Labute approximate surface area is 209 Å². The number of benzene rings is 1. The van der Waals surface area contributed by atoms with E-state index in [1.54, 1.807) is 7.11 Å². The fourth-order valence-corrected chi connectivity index (χ4v) is 5.24. The lowest BCUT2D eigenvalue weighted by molar-refractivity contribution is -0.00461. The fraction of sp³-hybridized carbons (Fsp3) is 0.607. The van der Waals surface area contributed by atoms with Crippen LogP contribution in [0.2, 0.25) is 0 Å². The van der Waals surface area contributed by atoms with Crippen LogP contribution in [0.15, 0.2) is 30.3 Å². The largest absolute Gasteiger partial charge is 0.490 e. The van der Waals surface area contributed by atoms with Crippen LogP contribution >= 0.6 is 0 Å². The van der Waals surface area contributed by atoms with Gasteiger partial charge in [0.15, 0.2) is 5.69 Å². The lowest BCUT2D eigenvalue weighted by atomic mass is 9.93. The van der Waals surface area contributed by atoms with E-state index >= 15 is 0 Å². The fourth-order valence-electron chi connectivity index (χ4n) is 5.24. The minimum atomic E-state index is -0.101. The van der Waals surface area contributed by atoms with E-state index < -0.39 is 0 Å². The second-order valence-corrected chi connectivity index (χ2v) is 9.91. The minimum absolute atomic E-state index is 0.0503. The zero-order valence-corrected chi connectivity index (χ0v) is 21.2. The molecule has 190 valence electrons. The summed E-state index contributed by atoms with van der Waals surface area (Å²) in [6.45, 7) is 3.91. The first-order chi connectivity index (χ1) is 17.1. The Kier molecular flexibility index (Phi) is 9.10. The van der Waals surface area contributed by atoms with Gasteiger partial charge in [0, 0.05) is 31.7 Å². The van der Waals surface area contributed by atoms with Gasteiger partial charge in [-0.2, -0.15) is 5.10 Å². The smallest absolute Gasteiger partial charge is 0.274 e. The number of unbranched alkanes of at least 4 members (excludes halogenated alkanes) is 1. The molecule has 1 saturated heterocycles. The molecule has 0 radical (unpaired) electrons. The molecule has 35 heavy (non-hydrogen) atoms. The molecular weight excluding hydrogens is 440 g/mol. The number of hydrogen-bond donors (Lipinski definition) is 1. The van der Waals surface area contributed by atoms with Crippen LogP contribution < -0.4 is 10.5 Å². The molecule has 2 N–H and O–H groups in total. The van der Waals surface area contributed by atoms with Gasteiger partial charge in [0.05, 0.1) is 17.9 Å². The molecule has 2 aliphatic rings. The van der Waals surface area contributed by atoms with Gasteiger partial charge in [-0.05, 0) is 75.3 Å². The van der Waals surface area contributed by atoms with E-state index in [-0.39, 0.29) is 17.9 Å². The van der Waals surface area contributed by atoms with Gasteiger partial charge in [0.25, 0.3) is 5.91 Å². The average Bonchev–Trinajstić information content (AvgIpc) is 2.92. The van der Waals surface area contributed by atoms with Crippen molar-refractivity contribution in [2.75, 3.05) is 26.7 Å². The highest BCUT2D eigenvalue weighted by Gasteiger charge is 2.32. The van der Waals surface area contributed by atoms with Gasteiger partial charge >= 0.3 is 0 Å². The van der Waals surface area contributed by atoms with Gasteiger partial charge in [0.2, 0.25) is 0 Å². The number of nitrogens with two attached hydrogens (primary N) is 1. The number of nitrogens with zero attached hydrogens (tertiary/aromatic N) is 3. The van der Waals surface area contributed by atoms with Crippen molar-refractivity contribution in [2.24, 2.45) is 11.7 Å². The highest BCUT2D eigenvalue weighted by atomic mass is 16.5. The lowest BCUT2D eigenvalue weighted by Gasteiger charge is -2.37. The van der Waals surface area contributed by atoms with Crippen LogP contribution in [-0.4, -0.2) is 60.0 Å². The van der Waals surface area contributed by atoms with Crippen molar-refractivity contribution in [3.05, 3.63) is 41.7 Å². The molecule has 7 heteroatoms. The molecule has 7 nitrogen and oxygen atoms in total. The van der Waals surface area contributed by atoms with Crippen molar-refractivity contribution in [2.45, 2.75) is 76.9 Å². The van der Waals surface area contributed by atoms with Crippen LogP contribution in [0.3, 0.4) is 0 Å². The number of piperidine rings is 1. The van der Waals surface area contributed by atoms with E-state index in [2.05, 4.69) is 29.3 Å². The average molecular weight is 481 g/mol. The number of aryl methyl sites for hydroxylation is 1. The SMILES string of the molecule is CCCCc1nnc(C(=O)N2CC[C@H](CN)[C@H](OC)C2)cc1-c1ccc(OC2CCCCC2)cc1. The summed E-state index contributed by atoms with van der Waals surface area (Å²) < 4.78 is 11.8. The van der Waals surface area contributed by atoms with Gasteiger partial charge in [0.1, 0.15) is 5.75 Å². The molecule has 2 atom stereocenters. The summed E-state index contributed by atoms with van der Waals surface area (Å²) in [7, 11) is 1.68. The van der Waals surface area contributed by atoms with Gasteiger partial charge in [-0.25, -0.2) is 0 Å². The third-order valence-corrected chi connectivity index (χ3v) is 7.47. The molecule has 0 spiro atoms. The van der Waals surface area contributed by atoms with Crippen LogP contribution in [0.1, 0.15) is 74.5 Å². The summed E-state index contributed by atoms with van der Waals surface area (Å²) in [6, 6.07) is 10.1. The summed E-state index contributed by atoms with van der Waals surface area (Å²) in [5.41, 5.74) is 9.21. The van der Waals surface area contributed by atoms with Gasteiger partial charge in [-0.3, -0.25) is 4.79 Å². The molecule has 2 fully saturated rings. The monoisotopic (exact) mass is 480 g/mol. The quantitative estimate of drug-likeness (QED) is 0.563. The van der Waals surface area contributed by atoms with E-state index in [0.717, 1.165) is 61.1 Å². The summed E-state index contributed by atoms with van der Waals surface area (Å²) in [5.74, 6) is 1.08. The summed E-state index contributed by atoms with van der Waals surface area (Å²) in [4.78, 5) is 15.2. The number of amides is 1. The number of methoxy groups -OCH3 is 1. The number of likely N-dealkylation sites (tertiary alicyclic amines) is 1. The van der Waals surface area contributed by atoms with Crippen molar-refractivity contribution >= 4 is 5.91 Å². The summed E-state index contributed by atoms with van der Waals surface area (Å²) >= 11 is 0. The highest BCUT2D eigenvalue weighted by molar-refractivity contribution is 5.93. The van der Waals surface area contributed by atoms with E-state index in [0.29, 0.717) is 31.4 Å². The number of rotatable bonds is 9. The minimum Gasteiger partial charge on any atom is -0.490 e. The molecule has 2 heterocycles. The van der Waals surface area contributed by atoms with E-state index in [1.165, 1.54) is 19.3 Å². The van der Waals surface area contributed by atoms with Gasteiger partial charge in [-0.15, -0.1) is 5.10 Å². The molecule has 0 bridgehead atoms. The molecule has 1 amide bonds. The molecule has 1 saturated carbocycles. The molecule has 1 aromatic carbocycles. The van der Waals surface area contributed by atoms with Gasteiger partial charge < -0.3 is 20.1 Å².